The minimum Gasteiger partial charge on any atom is -0.456 e. The summed E-state index contributed by atoms with van der Waals surface area (Å²) in [6.45, 7) is 8.32. The molecule has 1 saturated heterocycles. The number of fused-ring (bicyclic) bond motifs is 18. The molecule has 0 aliphatic carbocycles. The first-order valence-corrected chi connectivity index (χ1v) is 33.8. The van der Waals surface area contributed by atoms with Gasteiger partial charge in [0.05, 0.1) is 55.3 Å². The smallest absolute Gasteiger partial charge is 0.456 e. The van der Waals surface area contributed by atoms with Crippen molar-refractivity contribution in [2.45, 2.75) is 38.9 Å². The number of hydrogen-bond acceptors (Lipinski definition) is 6. The van der Waals surface area contributed by atoms with Crippen molar-refractivity contribution in [3.8, 4) is 33.9 Å². The third-order valence-electron chi connectivity index (χ3n) is 20.0. The topological polar surface area (TPSA) is 99.1 Å². The van der Waals surface area contributed by atoms with Gasteiger partial charge in [-0.05, 0) is 178 Å². The van der Waals surface area contributed by atoms with Crippen molar-refractivity contribution < 1.29 is 18.1 Å². The zero-order valence-electron chi connectivity index (χ0n) is 54.9. The highest BCUT2D eigenvalue weighted by molar-refractivity contribution is 9.10. The Morgan fingerprint density at radius 2 is 0.727 bits per heavy atom. The van der Waals surface area contributed by atoms with Gasteiger partial charge in [-0.25, -0.2) is 9.97 Å². The van der Waals surface area contributed by atoms with E-state index in [1.165, 1.54) is 43.6 Å². The summed E-state index contributed by atoms with van der Waals surface area (Å²) in [7, 11) is -0.408. The molecule has 478 valence electrons. The third kappa shape index (κ3) is 9.72. The van der Waals surface area contributed by atoms with Crippen molar-refractivity contribution in [3.63, 3.8) is 0 Å². The number of para-hydroxylation sites is 8. The van der Waals surface area contributed by atoms with Crippen LogP contribution in [0.2, 0.25) is 0 Å². The first-order chi connectivity index (χ1) is 47.9. The van der Waals surface area contributed by atoms with Crippen LogP contribution in [0, 0.1) is 7.43 Å². The van der Waals surface area contributed by atoms with E-state index in [4.69, 9.17) is 28.1 Å². The number of nitrogens with zero attached hydrogens (tertiary/aromatic N) is 8. The largest absolute Gasteiger partial charge is 0.494 e. The molecule has 0 bridgehead atoms. The van der Waals surface area contributed by atoms with Crippen molar-refractivity contribution >= 4 is 150 Å². The molecule has 0 saturated carbocycles. The number of hydrogen-bond donors (Lipinski definition) is 0. The molecule has 0 radical (unpaired) electrons. The molecule has 12 aromatic carbocycles. The van der Waals surface area contributed by atoms with E-state index in [2.05, 4.69) is 301 Å². The first kappa shape index (κ1) is 59.8. The number of halogens is 1. The molecule has 0 spiro atoms. The normalized spacial score (nSPS) is 13.7. The fraction of sp³-hybridized carbons (Fsp3) is 0.0706. The molecule has 99 heavy (non-hydrogen) atoms. The molecular weight excluding hydrogens is 1290 g/mol. The van der Waals surface area contributed by atoms with Crippen molar-refractivity contribution in [2.24, 2.45) is 0 Å². The van der Waals surface area contributed by atoms with E-state index in [9.17, 15) is 0 Å². The summed E-state index contributed by atoms with van der Waals surface area (Å²) in [5, 5.41) is 9.37. The lowest BCUT2D eigenvalue weighted by Crippen LogP contribution is -2.41. The predicted molar refractivity (Wildman–Crippen MR) is 409 cm³/mol. The van der Waals surface area contributed by atoms with Crippen LogP contribution >= 0.6 is 15.9 Å². The van der Waals surface area contributed by atoms with E-state index in [0.29, 0.717) is 0 Å². The number of aromatic nitrogens is 8. The van der Waals surface area contributed by atoms with Gasteiger partial charge in [0.25, 0.3) is 0 Å². The highest BCUT2D eigenvalue weighted by Crippen LogP contribution is 2.41. The second-order valence-electron chi connectivity index (χ2n) is 26.3. The molecular formula is C85H63BBrN8O4-. The van der Waals surface area contributed by atoms with Crippen LogP contribution in [0.15, 0.2) is 305 Å². The Morgan fingerprint density at radius 1 is 0.333 bits per heavy atom. The average molecular weight is 1350 g/mol. The average Bonchev–Trinajstić information content (AvgIpc) is 1.61. The van der Waals surface area contributed by atoms with Crippen LogP contribution in [0.5, 0.6) is 0 Å². The van der Waals surface area contributed by atoms with E-state index in [1.54, 1.807) is 0 Å². The fourth-order valence-corrected chi connectivity index (χ4v) is 14.9. The van der Waals surface area contributed by atoms with Crippen LogP contribution in [-0.2, 0) is 9.31 Å². The molecule has 14 heteroatoms. The Kier molecular flexibility index (Phi) is 13.9. The highest BCUT2D eigenvalue weighted by Gasteiger charge is 2.51. The van der Waals surface area contributed by atoms with Gasteiger partial charge in [0.1, 0.15) is 22.3 Å². The molecule has 1 aliphatic heterocycles. The summed E-state index contributed by atoms with van der Waals surface area (Å²) < 4.78 is 39.4. The third-order valence-corrected chi connectivity index (χ3v) is 20.5. The lowest BCUT2D eigenvalue weighted by molar-refractivity contribution is 0.00578. The molecule has 1 aliphatic rings. The first-order valence-electron chi connectivity index (χ1n) is 33.0. The standard InChI is InChI=1S/C39H24N4O.C30H26BNO3.C15H10BrN3.CH3/c1-4-13-34-29(10-1)30-11-2-5-14-35(30)43(34)28-17-19-38-32(24-28)31-23-26(16-18-37(31)44-38)25-8-7-9-27(22-25)41-20-21-42-36-15-6-3-12-33(36)40-39(41)42;1-29(2)30(3,4)35-31(34-29)19-13-15-27-23(17-19)24-18-20(14-16-28(24)33-27)32-25-11-7-5-9-21(25)22-10-6-8-12-26(22)32;16-11-4-3-5-12(10-11)18-8-9-19-14-7-2-1-6-13(14)17-15(18)19;/h1-24H;5-18H,1-4H3;1-10H;1H3/q;;;-1. The molecule has 9 heterocycles. The van der Waals surface area contributed by atoms with Crippen molar-refractivity contribution in [1.82, 2.24) is 37.0 Å². The minimum absolute atomic E-state index is 0. The summed E-state index contributed by atoms with van der Waals surface area (Å²) in [6, 6.07) is 93.3. The zero-order valence-corrected chi connectivity index (χ0v) is 56.5. The zero-order chi connectivity index (χ0) is 65.5. The molecule has 0 N–H and O–H groups in total. The van der Waals surface area contributed by atoms with Gasteiger partial charge < -0.3 is 34.7 Å². The molecule has 0 atom stereocenters. The van der Waals surface area contributed by atoms with Crippen molar-refractivity contribution in [1.29, 1.82) is 0 Å². The van der Waals surface area contributed by atoms with Crippen LogP contribution in [0.4, 0.5) is 0 Å². The minimum atomic E-state index is -0.408. The lowest BCUT2D eigenvalue weighted by atomic mass is 9.78. The van der Waals surface area contributed by atoms with Gasteiger partial charge in [0.2, 0.25) is 11.6 Å². The SMILES string of the molecule is Brc1cccc(-n2ccn3c4ccccc4nc23)c1.CC1(C)OB(c2ccc3oc4ccc(-n5c6ccccc6c6ccccc65)cc4c3c2)OC1(C)C.[CH3-].c1cc(-c2ccc3oc4ccc(-n5c6ccccc6c6ccccc65)cc4c3c2)cc(-n2ccn3c4ccccc4nc23)c1. The summed E-state index contributed by atoms with van der Waals surface area (Å²) >= 11 is 3.51. The maximum Gasteiger partial charge on any atom is 0.494 e. The summed E-state index contributed by atoms with van der Waals surface area (Å²) in [5.74, 6) is 1.83. The van der Waals surface area contributed by atoms with Gasteiger partial charge in [-0.3, -0.25) is 17.9 Å². The Hall–Kier alpha value is -11.7. The number of rotatable bonds is 6. The lowest BCUT2D eigenvalue weighted by Gasteiger charge is -2.32. The Balaban J connectivity index is 0.000000115. The highest BCUT2D eigenvalue weighted by atomic mass is 79.9. The van der Waals surface area contributed by atoms with Gasteiger partial charge in [0.15, 0.2) is 0 Å². The fourth-order valence-electron chi connectivity index (χ4n) is 14.5. The van der Waals surface area contributed by atoms with E-state index < -0.39 is 7.12 Å². The molecule has 12 nitrogen and oxygen atoms in total. The molecule has 20 aromatic rings. The maximum atomic E-state index is 6.33. The number of furan rings is 2. The van der Waals surface area contributed by atoms with Crippen LogP contribution in [-0.4, -0.2) is 55.4 Å². The summed E-state index contributed by atoms with van der Waals surface area (Å²) in [5.41, 5.74) is 19.4. The maximum absolute atomic E-state index is 6.33. The van der Waals surface area contributed by atoms with Crippen LogP contribution in [0.1, 0.15) is 27.7 Å². The van der Waals surface area contributed by atoms with Gasteiger partial charge in [0, 0.05) is 95.1 Å². The molecule has 1 fully saturated rings. The van der Waals surface area contributed by atoms with Gasteiger partial charge >= 0.3 is 7.12 Å². The monoisotopic (exact) mass is 1350 g/mol. The van der Waals surface area contributed by atoms with Crippen LogP contribution < -0.4 is 5.46 Å². The van der Waals surface area contributed by atoms with Gasteiger partial charge in [-0.2, -0.15) is 0 Å². The van der Waals surface area contributed by atoms with Gasteiger partial charge in [-0.1, -0.05) is 149 Å². The predicted octanol–water partition coefficient (Wildman–Crippen LogP) is 21.4. The van der Waals surface area contributed by atoms with E-state index in [1.807, 2.05) is 60.9 Å². The van der Waals surface area contributed by atoms with Crippen molar-refractivity contribution in [3.05, 3.63) is 304 Å². The second kappa shape index (κ2) is 23.0. The van der Waals surface area contributed by atoms with E-state index in [0.717, 1.165) is 121 Å². The molecule has 0 unspecified atom stereocenters. The Bertz CT molecular complexity index is 6470. The summed E-state index contributed by atoms with van der Waals surface area (Å²) in [6.07, 6.45) is 8.24. The van der Waals surface area contributed by atoms with E-state index in [-0.39, 0.29) is 18.6 Å². The molecule has 0 amide bonds. The van der Waals surface area contributed by atoms with Crippen LogP contribution in [0.25, 0.3) is 155 Å². The van der Waals surface area contributed by atoms with Crippen LogP contribution in [0.3, 0.4) is 0 Å². The number of benzene rings is 12. The summed E-state index contributed by atoms with van der Waals surface area (Å²) in [4.78, 5) is 9.59. The Morgan fingerprint density at radius 3 is 1.21 bits per heavy atom. The quantitative estimate of drug-likeness (QED) is 0.121. The number of imidazole rings is 4. The Labute approximate surface area is 577 Å². The van der Waals surface area contributed by atoms with Crippen molar-refractivity contribution in [2.75, 3.05) is 0 Å². The van der Waals surface area contributed by atoms with E-state index >= 15 is 0 Å². The molecule has 8 aromatic heterocycles. The second-order valence-corrected chi connectivity index (χ2v) is 27.2. The molecule has 21 rings (SSSR count). The van der Waals surface area contributed by atoms with Gasteiger partial charge in [-0.15, -0.1) is 0 Å².